The van der Waals surface area contributed by atoms with Gasteiger partial charge in [0.15, 0.2) is 0 Å². The summed E-state index contributed by atoms with van der Waals surface area (Å²) in [5, 5.41) is 14.9. The molecule has 0 aliphatic heterocycles. The number of hydrogen-bond acceptors (Lipinski definition) is 5. The van der Waals surface area contributed by atoms with Gasteiger partial charge in [-0.25, -0.2) is 0 Å². The van der Waals surface area contributed by atoms with Crippen LogP contribution in [-0.2, 0) is 0 Å². The van der Waals surface area contributed by atoms with E-state index in [0.29, 0.717) is 28.0 Å². The summed E-state index contributed by atoms with van der Waals surface area (Å²) < 4.78 is 15.6. The number of hydrogen-bond donors (Lipinski definition) is 2. The quantitative estimate of drug-likeness (QED) is 0.619. The van der Waals surface area contributed by atoms with Crippen molar-refractivity contribution in [3.05, 3.63) is 53.1 Å². The molecule has 8 heteroatoms. The largest absolute Gasteiger partial charge is 0.507 e. The van der Waals surface area contributed by atoms with Crippen LogP contribution < -0.4 is 19.5 Å². The summed E-state index contributed by atoms with van der Waals surface area (Å²) in [6, 6.07) is 11.6. The molecular formula is C20H18ClNNaO5. The summed E-state index contributed by atoms with van der Waals surface area (Å²) in [7, 11) is 4.50. The number of aromatic hydroxyl groups is 1. The van der Waals surface area contributed by atoms with Crippen molar-refractivity contribution >= 4 is 63.5 Å². The van der Waals surface area contributed by atoms with Gasteiger partial charge in [-0.1, -0.05) is 17.7 Å². The summed E-state index contributed by atoms with van der Waals surface area (Å²) in [5.41, 5.74) is 0.487. The number of fused-ring (bicyclic) bond motifs is 1. The second-order valence-electron chi connectivity index (χ2n) is 5.72. The first-order valence-corrected chi connectivity index (χ1v) is 8.38. The number of halogens is 1. The van der Waals surface area contributed by atoms with Gasteiger partial charge in [0.25, 0.3) is 5.91 Å². The average molecular weight is 411 g/mol. The molecule has 2 N–H and O–H groups in total. The van der Waals surface area contributed by atoms with Crippen LogP contribution in [0.3, 0.4) is 0 Å². The smallest absolute Gasteiger partial charge is 0.259 e. The minimum absolute atomic E-state index is 0. The summed E-state index contributed by atoms with van der Waals surface area (Å²) in [6.07, 6.45) is 0. The average Bonchev–Trinajstić information content (AvgIpc) is 2.67. The molecule has 6 nitrogen and oxygen atoms in total. The molecule has 0 saturated heterocycles. The van der Waals surface area contributed by atoms with Crippen LogP contribution in [0.5, 0.6) is 23.0 Å². The third kappa shape index (κ3) is 4.47. The maximum Gasteiger partial charge on any atom is 0.259 e. The van der Waals surface area contributed by atoms with Gasteiger partial charge in [0.2, 0.25) is 0 Å². The maximum atomic E-state index is 12.8. The van der Waals surface area contributed by atoms with Crippen molar-refractivity contribution in [1.82, 2.24) is 0 Å². The molecule has 0 fully saturated rings. The number of phenols is 1. The Morgan fingerprint density at radius 3 is 2.29 bits per heavy atom. The standard InChI is InChI=1S/C20H18ClNO5.Na/c1-25-13-5-4-11-8-17(23)14(7-12(11)6-13)20(24)22-16-10-18(26-2)15(21)9-19(16)27-3;/h4-10,23H,1-3H3,(H,22,24);. The molecular weight excluding hydrogens is 393 g/mol. The minimum Gasteiger partial charge on any atom is -0.507 e. The molecule has 0 aliphatic rings. The van der Waals surface area contributed by atoms with Gasteiger partial charge in [-0.15, -0.1) is 0 Å². The number of anilines is 1. The molecule has 0 aromatic heterocycles. The Hall–Kier alpha value is -2.12. The van der Waals surface area contributed by atoms with Gasteiger partial charge >= 0.3 is 0 Å². The van der Waals surface area contributed by atoms with Crippen molar-refractivity contribution in [3.8, 4) is 23.0 Å². The second-order valence-corrected chi connectivity index (χ2v) is 6.13. The van der Waals surface area contributed by atoms with Crippen molar-refractivity contribution in [2.24, 2.45) is 0 Å². The van der Waals surface area contributed by atoms with Crippen LogP contribution in [-0.4, -0.2) is 61.9 Å². The number of carbonyl (C=O) groups is 1. The van der Waals surface area contributed by atoms with Crippen molar-refractivity contribution in [2.45, 2.75) is 0 Å². The number of ether oxygens (including phenoxy) is 3. The molecule has 3 aromatic rings. The van der Waals surface area contributed by atoms with Gasteiger partial charge in [-0.3, -0.25) is 4.79 Å². The van der Waals surface area contributed by atoms with Crippen LogP contribution in [0.25, 0.3) is 10.8 Å². The van der Waals surface area contributed by atoms with E-state index >= 15 is 0 Å². The van der Waals surface area contributed by atoms with Crippen LogP contribution >= 0.6 is 11.6 Å². The number of benzene rings is 3. The first-order chi connectivity index (χ1) is 13.0. The normalized spacial score (nSPS) is 10.1. The van der Waals surface area contributed by atoms with Crippen molar-refractivity contribution in [1.29, 1.82) is 0 Å². The predicted octanol–water partition coefficient (Wildman–Crippen LogP) is 4.10. The van der Waals surface area contributed by atoms with Crippen LogP contribution in [0.2, 0.25) is 5.02 Å². The summed E-state index contributed by atoms with van der Waals surface area (Å²) in [6.45, 7) is 0. The van der Waals surface area contributed by atoms with Gasteiger partial charge in [0, 0.05) is 41.7 Å². The molecule has 0 atom stereocenters. The molecule has 0 heterocycles. The second kappa shape index (κ2) is 9.39. The Bertz CT molecular complexity index is 1030. The van der Waals surface area contributed by atoms with Crippen molar-refractivity contribution in [2.75, 3.05) is 26.6 Å². The topological polar surface area (TPSA) is 77.0 Å². The number of rotatable bonds is 5. The summed E-state index contributed by atoms with van der Waals surface area (Å²) in [5.74, 6) is 0.782. The zero-order valence-corrected chi connectivity index (χ0v) is 18.8. The third-order valence-corrected chi connectivity index (χ3v) is 4.42. The Labute approximate surface area is 189 Å². The number of amides is 1. The van der Waals surface area contributed by atoms with Crippen molar-refractivity contribution in [3.63, 3.8) is 0 Å². The number of nitrogens with one attached hydrogen (secondary N) is 1. The fraction of sp³-hybridized carbons (Fsp3) is 0.150. The molecule has 1 radical (unpaired) electrons. The van der Waals surface area contributed by atoms with Gasteiger partial charge in [-0.2, -0.15) is 0 Å². The monoisotopic (exact) mass is 410 g/mol. The van der Waals surface area contributed by atoms with Gasteiger partial charge < -0.3 is 24.6 Å². The molecule has 0 unspecified atom stereocenters. The summed E-state index contributed by atoms with van der Waals surface area (Å²) >= 11 is 6.08. The van der Waals surface area contributed by atoms with E-state index in [0.717, 1.165) is 10.8 Å². The van der Waals surface area contributed by atoms with E-state index in [1.54, 1.807) is 37.4 Å². The van der Waals surface area contributed by atoms with E-state index < -0.39 is 5.91 Å². The van der Waals surface area contributed by atoms with E-state index in [1.165, 1.54) is 20.3 Å². The molecule has 3 aromatic carbocycles. The first kappa shape index (κ1) is 22.2. The van der Waals surface area contributed by atoms with Gasteiger partial charge in [-0.05, 0) is 35.0 Å². The fourth-order valence-corrected chi connectivity index (χ4v) is 2.95. The van der Waals surface area contributed by atoms with E-state index in [9.17, 15) is 9.90 Å². The number of phenolic OH excluding ortho intramolecular Hbond substituents is 1. The van der Waals surface area contributed by atoms with Crippen molar-refractivity contribution < 1.29 is 24.1 Å². The Morgan fingerprint density at radius 2 is 1.64 bits per heavy atom. The third-order valence-electron chi connectivity index (χ3n) is 4.13. The first-order valence-electron chi connectivity index (χ1n) is 8.00. The Morgan fingerprint density at radius 1 is 0.929 bits per heavy atom. The van der Waals surface area contributed by atoms with Gasteiger partial charge in [0.05, 0.1) is 37.6 Å². The number of carbonyl (C=O) groups excluding carboxylic acids is 1. The number of methoxy groups -OCH3 is 3. The maximum absolute atomic E-state index is 12.8. The van der Waals surface area contributed by atoms with Crippen LogP contribution in [0.1, 0.15) is 10.4 Å². The fourth-order valence-electron chi connectivity index (χ4n) is 2.72. The predicted molar refractivity (Wildman–Crippen MR) is 110 cm³/mol. The van der Waals surface area contributed by atoms with Crippen LogP contribution in [0.4, 0.5) is 5.69 Å². The molecule has 28 heavy (non-hydrogen) atoms. The molecule has 141 valence electrons. The molecule has 3 rings (SSSR count). The van der Waals surface area contributed by atoms with Gasteiger partial charge in [0.1, 0.15) is 23.0 Å². The molecule has 0 spiro atoms. The minimum atomic E-state index is -0.500. The summed E-state index contributed by atoms with van der Waals surface area (Å²) in [4.78, 5) is 12.8. The van der Waals surface area contributed by atoms with Crippen LogP contribution in [0, 0.1) is 0 Å². The van der Waals surface area contributed by atoms with E-state index in [2.05, 4.69) is 5.32 Å². The molecule has 0 aliphatic carbocycles. The van der Waals surface area contributed by atoms with E-state index in [-0.39, 0.29) is 40.9 Å². The van der Waals surface area contributed by atoms with E-state index in [4.69, 9.17) is 25.8 Å². The van der Waals surface area contributed by atoms with Crippen LogP contribution in [0.15, 0.2) is 42.5 Å². The SMILES string of the molecule is COc1ccc2cc(O)c(C(=O)Nc3cc(OC)c(Cl)cc3OC)cc2c1.[Na]. The van der Waals surface area contributed by atoms with E-state index in [1.807, 2.05) is 6.07 Å². The Kier molecular flexibility index (Phi) is 7.43. The zero-order valence-electron chi connectivity index (χ0n) is 16.0. The zero-order chi connectivity index (χ0) is 19.6. The molecule has 0 bridgehead atoms. The molecule has 1 amide bonds. The molecule has 0 saturated carbocycles. The Balaban J connectivity index is 0.00000280.